The number of methoxy groups -OCH3 is 1. The molecule has 0 aromatic heterocycles. The fourth-order valence-corrected chi connectivity index (χ4v) is 3.75. The van der Waals surface area contributed by atoms with Gasteiger partial charge in [0.25, 0.3) is 0 Å². The van der Waals surface area contributed by atoms with E-state index in [1.807, 2.05) is 0 Å². The molecule has 8 heteroatoms. The highest BCUT2D eigenvalue weighted by Gasteiger charge is 2.20. The molecular formula is C18H19F2NO4S. The first kappa shape index (κ1) is 19.8. The van der Waals surface area contributed by atoms with Crippen LogP contribution in [-0.4, -0.2) is 39.1 Å². The Hall–Kier alpha value is -2.48. The molecule has 0 aliphatic rings. The van der Waals surface area contributed by atoms with Crippen LogP contribution in [0.5, 0.6) is 5.75 Å². The van der Waals surface area contributed by atoms with E-state index in [9.17, 15) is 22.0 Å². The van der Waals surface area contributed by atoms with E-state index in [1.165, 1.54) is 43.3 Å². The number of rotatable bonds is 7. The Morgan fingerprint density at radius 1 is 1.08 bits per heavy atom. The summed E-state index contributed by atoms with van der Waals surface area (Å²) in [4.78, 5) is 13.4. The van der Waals surface area contributed by atoms with Gasteiger partial charge in [-0.15, -0.1) is 0 Å². The van der Waals surface area contributed by atoms with Gasteiger partial charge in [-0.2, -0.15) is 0 Å². The lowest BCUT2D eigenvalue weighted by atomic mass is 10.2. The number of nitrogens with zero attached hydrogens (tertiary/aromatic N) is 1. The third-order valence-corrected chi connectivity index (χ3v) is 5.16. The maximum atomic E-state index is 13.7. The second-order valence-corrected chi connectivity index (χ2v) is 7.94. The molecule has 1 amide bonds. The lowest BCUT2D eigenvalue weighted by Crippen LogP contribution is -2.32. The molecule has 0 radical (unpaired) electrons. The van der Waals surface area contributed by atoms with Gasteiger partial charge in [0.1, 0.15) is 11.6 Å². The Morgan fingerprint density at radius 3 is 2.27 bits per heavy atom. The highest BCUT2D eigenvalue weighted by molar-refractivity contribution is 7.91. The van der Waals surface area contributed by atoms with Crippen LogP contribution in [0.1, 0.15) is 11.1 Å². The molecule has 0 bridgehead atoms. The van der Waals surface area contributed by atoms with Gasteiger partial charge < -0.3 is 9.64 Å². The van der Waals surface area contributed by atoms with Gasteiger partial charge in [-0.1, -0.05) is 18.2 Å². The summed E-state index contributed by atoms with van der Waals surface area (Å²) in [6.45, 7) is 0.0613. The molecule has 26 heavy (non-hydrogen) atoms. The highest BCUT2D eigenvalue weighted by atomic mass is 32.2. The topological polar surface area (TPSA) is 63.7 Å². The molecule has 0 N–H and O–H groups in total. The molecule has 0 atom stereocenters. The number of hydrogen-bond acceptors (Lipinski definition) is 4. The standard InChI is InChI=1S/C18H19F2NO4S/c1-21(10-14-5-8-17(25-2)16(20)9-14)18(22)12-26(23,24)11-13-3-6-15(19)7-4-13/h3-9H,10-12H2,1-2H3. The molecule has 140 valence electrons. The van der Waals surface area contributed by atoms with Crippen LogP contribution in [0.4, 0.5) is 8.78 Å². The first-order chi connectivity index (χ1) is 12.2. The minimum Gasteiger partial charge on any atom is -0.494 e. The lowest BCUT2D eigenvalue weighted by molar-refractivity contribution is -0.127. The Morgan fingerprint density at radius 2 is 1.69 bits per heavy atom. The SMILES string of the molecule is COc1ccc(CN(C)C(=O)CS(=O)(=O)Cc2ccc(F)cc2)cc1F. The predicted molar refractivity (Wildman–Crippen MR) is 93.3 cm³/mol. The van der Waals surface area contributed by atoms with Crippen molar-refractivity contribution < 1.29 is 26.7 Å². The maximum Gasteiger partial charge on any atom is 0.237 e. The van der Waals surface area contributed by atoms with Crippen LogP contribution in [0.15, 0.2) is 42.5 Å². The van der Waals surface area contributed by atoms with Crippen LogP contribution in [0.25, 0.3) is 0 Å². The van der Waals surface area contributed by atoms with Crippen LogP contribution in [0.2, 0.25) is 0 Å². The lowest BCUT2D eigenvalue weighted by Gasteiger charge is -2.18. The van der Waals surface area contributed by atoms with Crippen molar-refractivity contribution in [2.24, 2.45) is 0 Å². The maximum absolute atomic E-state index is 13.7. The first-order valence-corrected chi connectivity index (χ1v) is 9.53. The molecule has 0 aliphatic carbocycles. The summed E-state index contributed by atoms with van der Waals surface area (Å²) in [5.74, 6) is -2.58. The number of carbonyl (C=O) groups excluding carboxylic acids is 1. The Balaban J connectivity index is 1.99. The smallest absolute Gasteiger partial charge is 0.237 e. The molecule has 0 unspecified atom stereocenters. The van der Waals surface area contributed by atoms with E-state index in [4.69, 9.17) is 4.74 Å². The molecule has 5 nitrogen and oxygen atoms in total. The molecule has 2 aromatic carbocycles. The molecule has 2 rings (SSSR count). The van der Waals surface area contributed by atoms with E-state index in [1.54, 1.807) is 6.07 Å². The molecule has 2 aromatic rings. The molecule has 0 spiro atoms. The fraction of sp³-hybridized carbons (Fsp3) is 0.278. The van der Waals surface area contributed by atoms with Gasteiger partial charge in [-0.25, -0.2) is 17.2 Å². The summed E-state index contributed by atoms with van der Waals surface area (Å²) < 4.78 is 55.7. The highest BCUT2D eigenvalue weighted by Crippen LogP contribution is 2.18. The van der Waals surface area contributed by atoms with Crippen LogP contribution >= 0.6 is 0 Å². The van der Waals surface area contributed by atoms with Gasteiger partial charge in [-0.05, 0) is 35.4 Å². The largest absolute Gasteiger partial charge is 0.494 e. The van der Waals surface area contributed by atoms with E-state index >= 15 is 0 Å². The second kappa shape index (κ2) is 8.27. The third kappa shape index (κ3) is 5.52. The van der Waals surface area contributed by atoms with Gasteiger partial charge in [0.05, 0.1) is 12.9 Å². The molecule has 0 heterocycles. The van der Waals surface area contributed by atoms with Gasteiger partial charge >= 0.3 is 0 Å². The predicted octanol–water partition coefficient (Wildman–Crippen LogP) is 2.55. The van der Waals surface area contributed by atoms with Crippen molar-refractivity contribution in [3.8, 4) is 5.75 Å². The number of benzene rings is 2. The number of hydrogen-bond donors (Lipinski definition) is 0. The quantitative estimate of drug-likeness (QED) is 0.737. The summed E-state index contributed by atoms with van der Waals surface area (Å²) in [6.07, 6.45) is 0. The third-order valence-electron chi connectivity index (χ3n) is 3.70. The minimum absolute atomic E-state index is 0.0613. The van der Waals surface area contributed by atoms with E-state index in [-0.39, 0.29) is 18.0 Å². The zero-order valence-corrected chi connectivity index (χ0v) is 15.2. The first-order valence-electron chi connectivity index (χ1n) is 7.71. The van der Waals surface area contributed by atoms with E-state index < -0.39 is 33.1 Å². The molecule has 0 saturated heterocycles. The van der Waals surface area contributed by atoms with E-state index in [0.717, 1.165) is 12.1 Å². The van der Waals surface area contributed by atoms with Crippen LogP contribution in [-0.2, 0) is 26.9 Å². The normalized spacial score (nSPS) is 11.2. The zero-order valence-electron chi connectivity index (χ0n) is 14.4. The summed E-state index contributed by atoms with van der Waals surface area (Å²) in [5, 5.41) is 0. The Kier molecular flexibility index (Phi) is 6.31. The van der Waals surface area contributed by atoms with Crippen LogP contribution in [0, 0.1) is 11.6 Å². The van der Waals surface area contributed by atoms with Crippen LogP contribution in [0.3, 0.4) is 0 Å². The van der Waals surface area contributed by atoms with E-state index in [0.29, 0.717) is 11.1 Å². The van der Waals surface area contributed by atoms with Crippen molar-refractivity contribution in [3.63, 3.8) is 0 Å². The minimum atomic E-state index is -3.71. The van der Waals surface area contributed by atoms with Crippen LogP contribution < -0.4 is 4.74 Å². The molecule has 0 saturated carbocycles. The number of ether oxygens (including phenoxy) is 1. The summed E-state index contributed by atoms with van der Waals surface area (Å²) in [5.41, 5.74) is 0.911. The van der Waals surface area contributed by atoms with Gasteiger partial charge in [-0.3, -0.25) is 4.79 Å². The van der Waals surface area contributed by atoms with Crippen molar-refractivity contribution in [2.75, 3.05) is 19.9 Å². The van der Waals surface area contributed by atoms with Crippen molar-refractivity contribution in [3.05, 3.63) is 65.2 Å². The number of halogens is 2. The summed E-state index contributed by atoms with van der Waals surface area (Å²) in [6, 6.07) is 9.32. The van der Waals surface area contributed by atoms with Crippen molar-refractivity contribution in [2.45, 2.75) is 12.3 Å². The average molecular weight is 383 g/mol. The van der Waals surface area contributed by atoms with Crippen molar-refractivity contribution in [1.29, 1.82) is 0 Å². The summed E-state index contributed by atoms with van der Waals surface area (Å²) in [7, 11) is -0.921. The Labute approximate surface area is 151 Å². The van der Waals surface area contributed by atoms with Crippen molar-refractivity contribution >= 4 is 15.7 Å². The monoisotopic (exact) mass is 383 g/mol. The summed E-state index contributed by atoms with van der Waals surface area (Å²) >= 11 is 0. The van der Waals surface area contributed by atoms with Gasteiger partial charge in [0.2, 0.25) is 5.91 Å². The molecule has 0 fully saturated rings. The second-order valence-electron chi connectivity index (χ2n) is 5.88. The fourth-order valence-electron chi connectivity index (χ4n) is 2.35. The number of amides is 1. The Bertz CT molecular complexity index is 883. The van der Waals surface area contributed by atoms with Gasteiger partial charge in [0, 0.05) is 13.6 Å². The molecule has 0 aliphatic heterocycles. The van der Waals surface area contributed by atoms with E-state index in [2.05, 4.69) is 0 Å². The average Bonchev–Trinajstić information content (AvgIpc) is 2.56. The number of carbonyl (C=O) groups is 1. The zero-order chi connectivity index (χ0) is 19.3. The van der Waals surface area contributed by atoms with Crippen molar-refractivity contribution in [1.82, 2.24) is 4.90 Å². The molecular weight excluding hydrogens is 364 g/mol. The van der Waals surface area contributed by atoms with Gasteiger partial charge in [0.15, 0.2) is 21.4 Å². The number of sulfone groups is 1.